The van der Waals surface area contributed by atoms with Crippen molar-refractivity contribution in [1.82, 2.24) is 4.31 Å². The number of hydrogen-bond donors (Lipinski definition) is 0. The maximum absolute atomic E-state index is 13.2. The summed E-state index contributed by atoms with van der Waals surface area (Å²) >= 11 is 0. The van der Waals surface area contributed by atoms with Crippen LogP contribution in [0.4, 0.5) is 4.39 Å². The van der Waals surface area contributed by atoms with Crippen molar-refractivity contribution in [2.24, 2.45) is 0 Å². The molecule has 0 spiro atoms. The molecule has 0 saturated carbocycles. The minimum absolute atomic E-state index is 0.0325. The van der Waals surface area contributed by atoms with Gasteiger partial charge in [0, 0.05) is 18.7 Å². The largest absolute Gasteiger partial charge is 0.495 e. The summed E-state index contributed by atoms with van der Waals surface area (Å²) in [4.78, 5) is 0.0325. The number of rotatable bonds is 3. The second-order valence-electron chi connectivity index (χ2n) is 4.76. The zero-order valence-electron chi connectivity index (χ0n) is 11.1. The molecule has 1 aliphatic heterocycles. The standard InChI is InChI=1S/C13H18FNO3S/c1-10-5-3-4-8-15(10)19(16,17)13-7-6-11(14)9-12(13)18-2/h6-7,9-10H,3-5,8H2,1-2H3. The lowest BCUT2D eigenvalue weighted by Crippen LogP contribution is -2.42. The summed E-state index contributed by atoms with van der Waals surface area (Å²) in [6.07, 6.45) is 2.74. The summed E-state index contributed by atoms with van der Waals surface area (Å²) in [5.74, 6) is -0.458. The highest BCUT2D eigenvalue weighted by molar-refractivity contribution is 7.89. The Labute approximate surface area is 113 Å². The van der Waals surface area contributed by atoms with Crippen molar-refractivity contribution in [3.05, 3.63) is 24.0 Å². The summed E-state index contributed by atoms with van der Waals surface area (Å²) in [5.41, 5.74) is 0. The molecule has 0 aliphatic carbocycles. The van der Waals surface area contributed by atoms with E-state index in [2.05, 4.69) is 0 Å². The lowest BCUT2D eigenvalue weighted by molar-refractivity contribution is 0.267. The maximum atomic E-state index is 13.2. The van der Waals surface area contributed by atoms with Crippen molar-refractivity contribution in [3.8, 4) is 5.75 Å². The number of piperidine rings is 1. The van der Waals surface area contributed by atoms with Crippen LogP contribution < -0.4 is 4.74 Å². The highest BCUT2D eigenvalue weighted by Gasteiger charge is 2.33. The second-order valence-corrected chi connectivity index (χ2v) is 6.61. The van der Waals surface area contributed by atoms with Gasteiger partial charge in [0.15, 0.2) is 0 Å². The van der Waals surface area contributed by atoms with Crippen molar-refractivity contribution in [1.29, 1.82) is 0 Å². The first kappa shape index (κ1) is 14.3. The van der Waals surface area contributed by atoms with Crippen molar-refractivity contribution < 1.29 is 17.5 Å². The van der Waals surface area contributed by atoms with Crippen LogP contribution in [0, 0.1) is 5.82 Å². The fourth-order valence-electron chi connectivity index (χ4n) is 2.41. The third-order valence-corrected chi connectivity index (χ3v) is 5.51. The van der Waals surface area contributed by atoms with E-state index in [0.29, 0.717) is 6.54 Å². The zero-order chi connectivity index (χ0) is 14.0. The number of ether oxygens (including phenoxy) is 1. The smallest absolute Gasteiger partial charge is 0.247 e. The molecule has 2 rings (SSSR count). The molecule has 0 amide bonds. The lowest BCUT2D eigenvalue weighted by atomic mass is 10.1. The van der Waals surface area contributed by atoms with Crippen LogP contribution in [0.15, 0.2) is 23.1 Å². The molecule has 0 radical (unpaired) electrons. The van der Waals surface area contributed by atoms with Crippen LogP contribution in [0.5, 0.6) is 5.75 Å². The molecule has 4 nitrogen and oxygen atoms in total. The van der Waals surface area contributed by atoms with Crippen LogP contribution >= 0.6 is 0 Å². The van der Waals surface area contributed by atoms with Crippen molar-refractivity contribution in [2.75, 3.05) is 13.7 Å². The molecule has 1 saturated heterocycles. The summed E-state index contributed by atoms with van der Waals surface area (Å²) in [7, 11) is -2.29. The number of methoxy groups -OCH3 is 1. The fraction of sp³-hybridized carbons (Fsp3) is 0.538. The van der Waals surface area contributed by atoms with Gasteiger partial charge in [-0.15, -0.1) is 0 Å². The SMILES string of the molecule is COc1cc(F)ccc1S(=O)(=O)N1CCCCC1C. The molecule has 1 aliphatic rings. The topological polar surface area (TPSA) is 46.6 Å². The van der Waals surface area contributed by atoms with Gasteiger partial charge in [0.25, 0.3) is 0 Å². The number of halogens is 1. The van der Waals surface area contributed by atoms with Crippen LogP contribution in [-0.4, -0.2) is 32.4 Å². The molecule has 0 N–H and O–H groups in total. The Morgan fingerprint density at radius 3 is 2.74 bits per heavy atom. The van der Waals surface area contributed by atoms with E-state index in [1.54, 1.807) is 0 Å². The average molecular weight is 287 g/mol. The van der Waals surface area contributed by atoms with Crippen LogP contribution in [0.1, 0.15) is 26.2 Å². The fourth-order valence-corrected chi connectivity index (χ4v) is 4.25. The first-order valence-electron chi connectivity index (χ1n) is 6.32. The van der Waals surface area contributed by atoms with E-state index in [4.69, 9.17) is 4.74 Å². The highest BCUT2D eigenvalue weighted by atomic mass is 32.2. The molecule has 1 aromatic rings. The van der Waals surface area contributed by atoms with E-state index in [9.17, 15) is 12.8 Å². The molecule has 19 heavy (non-hydrogen) atoms. The summed E-state index contributed by atoms with van der Waals surface area (Å²) in [6.45, 7) is 2.40. The molecule has 1 aromatic carbocycles. The monoisotopic (exact) mass is 287 g/mol. The second kappa shape index (κ2) is 5.46. The minimum atomic E-state index is -3.63. The molecule has 1 fully saturated rings. The quantitative estimate of drug-likeness (QED) is 0.857. The summed E-state index contributed by atoms with van der Waals surface area (Å²) in [6, 6.07) is 3.48. The van der Waals surface area contributed by atoms with Gasteiger partial charge in [0.05, 0.1) is 7.11 Å². The molecule has 106 valence electrons. The van der Waals surface area contributed by atoms with Gasteiger partial charge in [-0.25, -0.2) is 12.8 Å². The Balaban J connectivity index is 2.44. The van der Waals surface area contributed by atoms with Crippen molar-refractivity contribution in [2.45, 2.75) is 37.1 Å². The van der Waals surface area contributed by atoms with Gasteiger partial charge < -0.3 is 4.74 Å². The molecule has 1 unspecified atom stereocenters. The van der Waals surface area contributed by atoms with E-state index < -0.39 is 15.8 Å². The first-order valence-corrected chi connectivity index (χ1v) is 7.76. The molecular weight excluding hydrogens is 269 g/mol. The van der Waals surface area contributed by atoms with E-state index in [0.717, 1.165) is 31.4 Å². The van der Waals surface area contributed by atoms with E-state index in [1.807, 2.05) is 6.92 Å². The number of nitrogens with zero attached hydrogens (tertiary/aromatic N) is 1. The van der Waals surface area contributed by atoms with Gasteiger partial charge in [-0.3, -0.25) is 0 Å². The third-order valence-electron chi connectivity index (χ3n) is 3.45. The third kappa shape index (κ3) is 2.74. The molecule has 1 atom stereocenters. The first-order chi connectivity index (χ1) is 8.96. The highest BCUT2D eigenvalue weighted by Crippen LogP contribution is 2.31. The molecule has 0 bridgehead atoms. The van der Waals surface area contributed by atoms with E-state index in [1.165, 1.54) is 17.5 Å². The Morgan fingerprint density at radius 1 is 1.37 bits per heavy atom. The Kier molecular flexibility index (Phi) is 4.10. The minimum Gasteiger partial charge on any atom is -0.495 e. The van der Waals surface area contributed by atoms with Crippen LogP contribution in [0.2, 0.25) is 0 Å². The Bertz CT molecular complexity index is 559. The van der Waals surface area contributed by atoms with Crippen LogP contribution in [-0.2, 0) is 10.0 Å². The van der Waals surface area contributed by atoms with Gasteiger partial charge in [0.2, 0.25) is 10.0 Å². The number of benzene rings is 1. The van der Waals surface area contributed by atoms with Gasteiger partial charge in [-0.2, -0.15) is 4.31 Å². The van der Waals surface area contributed by atoms with E-state index in [-0.39, 0.29) is 16.7 Å². The Morgan fingerprint density at radius 2 is 2.11 bits per heavy atom. The normalized spacial score (nSPS) is 21.3. The van der Waals surface area contributed by atoms with Gasteiger partial charge in [0.1, 0.15) is 16.5 Å². The predicted molar refractivity (Wildman–Crippen MR) is 70.2 cm³/mol. The number of hydrogen-bond acceptors (Lipinski definition) is 3. The predicted octanol–water partition coefficient (Wildman–Crippen LogP) is 2.40. The molecule has 6 heteroatoms. The molecule has 0 aromatic heterocycles. The van der Waals surface area contributed by atoms with Crippen molar-refractivity contribution >= 4 is 10.0 Å². The molecule has 1 heterocycles. The van der Waals surface area contributed by atoms with Gasteiger partial charge >= 0.3 is 0 Å². The Hall–Kier alpha value is -1.14. The summed E-state index contributed by atoms with van der Waals surface area (Å²) in [5, 5.41) is 0. The zero-order valence-corrected chi connectivity index (χ0v) is 11.9. The average Bonchev–Trinajstić information content (AvgIpc) is 2.38. The van der Waals surface area contributed by atoms with Gasteiger partial charge in [-0.1, -0.05) is 6.42 Å². The van der Waals surface area contributed by atoms with Gasteiger partial charge in [-0.05, 0) is 31.9 Å². The lowest BCUT2D eigenvalue weighted by Gasteiger charge is -2.32. The number of sulfonamides is 1. The van der Waals surface area contributed by atoms with E-state index >= 15 is 0 Å². The summed E-state index contributed by atoms with van der Waals surface area (Å²) < 4.78 is 44.8. The van der Waals surface area contributed by atoms with Crippen LogP contribution in [0.3, 0.4) is 0 Å². The van der Waals surface area contributed by atoms with Crippen LogP contribution in [0.25, 0.3) is 0 Å². The maximum Gasteiger partial charge on any atom is 0.247 e. The molecular formula is C13H18FNO3S. The van der Waals surface area contributed by atoms with Crippen molar-refractivity contribution in [3.63, 3.8) is 0 Å².